The van der Waals surface area contributed by atoms with Crippen molar-refractivity contribution in [3.05, 3.63) is 65.5 Å². The first-order chi connectivity index (χ1) is 13.5. The Morgan fingerprint density at radius 2 is 1.71 bits per heavy atom. The SMILES string of the molecule is CCOc1ccc(C(=O)CCC(=O)OCC(=O)NCc2ccccc2F)cc1. The smallest absolute Gasteiger partial charge is 0.306 e. The first-order valence-corrected chi connectivity index (χ1v) is 8.91. The zero-order valence-electron chi connectivity index (χ0n) is 15.6. The lowest BCUT2D eigenvalue weighted by Gasteiger charge is -2.07. The van der Waals surface area contributed by atoms with E-state index in [1.54, 1.807) is 42.5 Å². The maximum Gasteiger partial charge on any atom is 0.306 e. The van der Waals surface area contributed by atoms with Crippen LogP contribution < -0.4 is 10.1 Å². The zero-order chi connectivity index (χ0) is 20.4. The highest BCUT2D eigenvalue weighted by Crippen LogP contribution is 2.14. The third-order valence-corrected chi connectivity index (χ3v) is 3.84. The second-order valence-electron chi connectivity index (χ2n) is 5.91. The second kappa shape index (κ2) is 10.8. The molecule has 2 aromatic carbocycles. The van der Waals surface area contributed by atoms with Gasteiger partial charge in [-0.05, 0) is 37.3 Å². The molecule has 0 aliphatic heterocycles. The van der Waals surface area contributed by atoms with Crippen LogP contribution in [0.4, 0.5) is 4.39 Å². The van der Waals surface area contributed by atoms with E-state index in [-0.39, 0.29) is 25.2 Å². The molecule has 6 nitrogen and oxygen atoms in total. The Morgan fingerprint density at radius 3 is 2.39 bits per heavy atom. The Morgan fingerprint density at radius 1 is 1.00 bits per heavy atom. The van der Waals surface area contributed by atoms with Gasteiger partial charge in [0.25, 0.3) is 5.91 Å². The molecule has 7 heteroatoms. The van der Waals surface area contributed by atoms with Gasteiger partial charge in [0, 0.05) is 24.1 Å². The van der Waals surface area contributed by atoms with Crippen LogP contribution in [-0.2, 0) is 20.9 Å². The van der Waals surface area contributed by atoms with E-state index >= 15 is 0 Å². The molecule has 0 heterocycles. The minimum absolute atomic E-state index is 0.000710. The third-order valence-electron chi connectivity index (χ3n) is 3.84. The predicted octanol–water partition coefficient (Wildman–Crippen LogP) is 3.05. The third kappa shape index (κ3) is 6.83. The Bertz CT molecular complexity index is 820. The molecule has 0 atom stereocenters. The van der Waals surface area contributed by atoms with Crippen LogP contribution in [0.5, 0.6) is 5.75 Å². The minimum atomic E-state index is -0.652. The van der Waals surface area contributed by atoms with Crippen molar-refractivity contribution in [1.82, 2.24) is 5.32 Å². The summed E-state index contributed by atoms with van der Waals surface area (Å²) in [6.45, 7) is 1.92. The fraction of sp³-hybridized carbons (Fsp3) is 0.286. The summed E-state index contributed by atoms with van der Waals surface area (Å²) in [5.74, 6) is -1.16. The summed E-state index contributed by atoms with van der Waals surface area (Å²) in [7, 11) is 0. The molecule has 1 N–H and O–H groups in total. The lowest BCUT2D eigenvalue weighted by molar-refractivity contribution is -0.148. The van der Waals surface area contributed by atoms with Crippen LogP contribution in [0.1, 0.15) is 35.7 Å². The van der Waals surface area contributed by atoms with Gasteiger partial charge in [0.15, 0.2) is 12.4 Å². The van der Waals surface area contributed by atoms with Crippen molar-refractivity contribution >= 4 is 17.7 Å². The largest absolute Gasteiger partial charge is 0.494 e. The average molecular weight is 387 g/mol. The maximum absolute atomic E-state index is 13.5. The number of ether oxygens (including phenoxy) is 2. The number of ketones is 1. The fourth-order valence-corrected chi connectivity index (χ4v) is 2.37. The predicted molar refractivity (Wildman–Crippen MR) is 100 cm³/mol. The molecule has 0 aliphatic rings. The van der Waals surface area contributed by atoms with Crippen molar-refractivity contribution in [2.75, 3.05) is 13.2 Å². The monoisotopic (exact) mass is 387 g/mol. The van der Waals surface area contributed by atoms with Crippen LogP contribution in [0.3, 0.4) is 0 Å². The lowest BCUT2D eigenvalue weighted by atomic mass is 10.1. The molecule has 0 saturated heterocycles. The molecule has 2 rings (SSSR count). The van der Waals surface area contributed by atoms with Crippen molar-refractivity contribution in [3.63, 3.8) is 0 Å². The van der Waals surface area contributed by atoms with E-state index in [1.807, 2.05) is 6.92 Å². The van der Waals surface area contributed by atoms with Gasteiger partial charge < -0.3 is 14.8 Å². The number of benzene rings is 2. The Hall–Kier alpha value is -3.22. The normalized spacial score (nSPS) is 10.2. The molecule has 1 amide bonds. The number of esters is 1. The molecule has 0 spiro atoms. The second-order valence-corrected chi connectivity index (χ2v) is 5.91. The van der Waals surface area contributed by atoms with Crippen molar-refractivity contribution < 1.29 is 28.2 Å². The van der Waals surface area contributed by atoms with Crippen molar-refractivity contribution in [1.29, 1.82) is 0 Å². The van der Waals surface area contributed by atoms with Gasteiger partial charge in [-0.1, -0.05) is 18.2 Å². The van der Waals surface area contributed by atoms with E-state index < -0.39 is 24.3 Å². The summed E-state index contributed by atoms with van der Waals surface area (Å²) < 4.78 is 23.6. The zero-order valence-corrected chi connectivity index (χ0v) is 15.6. The molecular weight excluding hydrogens is 365 g/mol. The molecule has 2 aromatic rings. The standard InChI is InChI=1S/C21H22FNO5/c1-2-27-17-9-7-15(8-10-17)19(24)11-12-21(26)28-14-20(25)23-13-16-5-3-4-6-18(16)22/h3-10H,2,11-14H2,1H3,(H,23,25). The number of hydrogen-bond donors (Lipinski definition) is 1. The number of halogens is 1. The van der Waals surface area contributed by atoms with Crippen LogP contribution in [-0.4, -0.2) is 30.9 Å². The van der Waals surface area contributed by atoms with Gasteiger partial charge in [0.1, 0.15) is 11.6 Å². The fourth-order valence-electron chi connectivity index (χ4n) is 2.37. The van der Waals surface area contributed by atoms with E-state index in [1.165, 1.54) is 6.07 Å². The van der Waals surface area contributed by atoms with E-state index in [0.717, 1.165) is 0 Å². The van der Waals surface area contributed by atoms with Gasteiger partial charge in [0.05, 0.1) is 13.0 Å². The van der Waals surface area contributed by atoms with Crippen LogP contribution in [0, 0.1) is 5.82 Å². The summed E-state index contributed by atoms with van der Waals surface area (Å²) in [4.78, 5) is 35.5. The molecular formula is C21H22FNO5. The first-order valence-electron chi connectivity index (χ1n) is 8.91. The quantitative estimate of drug-likeness (QED) is 0.501. The lowest BCUT2D eigenvalue weighted by Crippen LogP contribution is -2.28. The van der Waals surface area contributed by atoms with E-state index in [2.05, 4.69) is 5.32 Å². The Labute approximate surface area is 162 Å². The van der Waals surface area contributed by atoms with Gasteiger partial charge in [-0.3, -0.25) is 14.4 Å². The van der Waals surface area contributed by atoms with Crippen molar-refractivity contribution in [3.8, 4) is 5.75 Å². The first kappa shape index (κ1) is 21.1. The average Bonchev–Trinajstić information content (AvgIpc) is 2.70. The summed E-state index contributed by atoms with van der Waals surface area (Å²) in [5, 5.41) is 2.47. The Kier molecular flexibility index (Phi) is 8.14. The number of nitrogens with one attached hydrogen (secondary N) is 1. The molecule has 0 aromatic heterocycles. The van der Waals surface area contributed by atoms with E-state index in [9.17, 15) is 18.8 Å². The highest BCUT2D eigenvalue weighted by Gasteiger charge is 2.12. The van der Waals surface area contributed by atoms with E-state index in [4.69, 9.17) is 9.47 Å². The van der Waals surface area contributed by atoms with Crippen molar-refractivity contribution in [2.45, 2.75) is 26.3 Å². The summed E-state index contributed by atoms with van der Waals surface area (Å²) in [6, 6.07) is 12.7. The highest BCUT2D eigenvalue weighted by molar-refractivity contribution is 5.97. The topological polar surface area (TPSA) is 81.7 Å². The minimum Gasteiger partial charge on any atom is -0.494 e. The molecule has 0 fully saturated rings. The number of amides is 1. The van der Waals surface area contributed by atoms with Gasteiger partial charge >= 0.3 is 5.97 Å². The Balaban J connectivity index is 1.68. The molecule has 0 radical (unpaired) electrons. The molecule has 0 aliphatic carbocycles. The number of Topliss-reactive ketones (excluding diaryl/α,β-unsaturated/α-hetero) is 1. The number of carbonyl (C=O) groups excluding carboxylic acids is 3. The van der Waals surface area contributed by atoms with Gasteiger partial charge in [-0.2, -0.15) is 0 Å². The summed E-state index contributed by atoms with van der Waals surface area (Å²) >= 11 is 0. The van der Waals surface area contributed by atoms with E-state index in [0.29, 0.717) is 23.5 Å². The molecule has 28 heavy (non-hydrogen) atoms. The van der Waals surface area contributed by atoms with Crippen LogP contribution in [0.2, 0.25) is 0 Å². The van der Waals surface area contributed by atoms with Gasteiger partial charge in [-0.15, -0.1) is 0 Å². The molecule has 0 unspecified atom stereocenters. The highest BCUT2D eigenvalue weighted by atomic mass is 19.1. The summed E-state index contributed by atoms with van der Waals surface area (Å²) in [5.41, 5.74) is 0.807. The van der Waals surface area contributed by atoms with Gasteiger partial charge in [0.2, 0.25) is 0 Å². The number of carbonyl (C=O) groups is 3. The van der Waals surface area contributed by atoms with Crippen LogP contribution in [0.15, 0.2) is 48.5 Å². The molecule has 0 saturated carbocycles. The number of hydrogen-bond acceptors (Lipinski definition) is 5. The van der Waals surface area contributed by atoms with Crippen molar-refractivity contribution in [2.24, 2.45) is 0 Å². The molecule has 0 bridgehead atoms. The summed E-state index contributed by atoms with van der Waals surface area (Å²) in [6.07, 6.45) is -0.156. The maximum atomic E-state index is 13.5. The van der Waals surface area contributed by atoms with Gasteiger partial charge in [-0.25, -0.2) is 4.39 Å². The number of rotatable bonds is 10. The van der Waals surface area contributed by atoms with Crippen LogP contribution in [0.25, 0.3) is 0 Å². The van der Waals surface area contributed by atoms with Crippen LogP contribution >= 0.6 is 0 Å². The molecule has 148 valence electrons.